The summed E-state index contributed by atoms with van der Waals surface area (Å²) in [7, 11) is 0. The lowest BCUT2D eigenvalue weighted by atomic mass is 9.83. The zero-order chi connectivity index (χ0) is 13.6. The minimum absolute atomic E-state index is 0.225. The Hall–Kier alpha value is -1.31. The highest BCUT2D eigenvalue weighted by atomic mass is 16.4. The molecule has 0 aliphatic heterocycles. The zero-order valence-electron chi connectivity index (χ0n) is 11.9. The van der Waals surface area contributed by atoms with Crippen LogP contribution >= 0.6 is 0 Å². The van der Waals surface area contributed by atoms with Crippen LogP contribution < -0.4 is 0 Å². The molecule has 3 rings (SSSR count). The summed E-state index contributed by atoms with van der Waals surface area (Å²) in [5, 5.41) is 9.21. The summed E-state index contributed by atoms with van der Waals surface area (Å²) in [5.41, 5.74) is 8.54. The molecule has 0 radical (unpaired) electrons. The van der Waals surface area contributed by atoms with Crippen LogP contribution in [0.2, 0.25) is 0 Å². The molecule has 0 spiro atoms. The SMILES string of the molecule is CC(C)c1c2c(c(CC(=O)O)c3c1CCC3)CCC2. The van der Waals surface area contributed by atoms with Crippen molar-refractivity contribution in [2.45, 2.75) is 64.7 Å². The monoisotopic (exact) mass is 258 g/mol. The highest BCUT2D eigenvalue weighted by molar-refractivity contribution is 5.73. The van der Waals surface area contributed by atoms with Gasteiger partial charge in [0.1, 0.15) is 0 Å². The number of hydrogen-bond donors (Lipinski definition) is 1. The Morgan fingerprint density at radius 3 is 1.89 bits per heavy atom. The second-order valence-electron chi connectivity index (χ2n) is 6.24. The smallest absolute Gasteiger partial charge is 0.307 e. The fraction of sp³-hybridized carbons (Fsp3) is 0.588. The highest BCUT2D eigenvalue weighted by Gasteiger charge is 2.29. The zero-order valence-corrected chi connectivity index (χ0v) is 11.9. The van der Waals surface area contributed by atoms with Gasteiger partial charge in [0.2, 0.25) is 0 Å². The second-order valence-corrected chi connectivity index (χ2v) is 6.24. The molecule has 0 unspecified atom stereocenters. The molecule has 0 bridgehead atoms. The molecule has 1 aromatic rings. The Kier molecular flexibility index (Phi) is 3.12. The van der Waals surface area contributed by atoms with E-state index in [0.29, 0.717) is 5.92 Å². The maximum absolute atomic E-state index is 11.2. The lowest BCUT2D eigenvalue weighted by Crippen LogP contribution is -2.11. The number of carboxylic acid groups (broad SMARTS) is 1. The number of hydrogen-bond acceptors (Lipinski definition) is 1. The molecule has 1 N–H and O–H groups in total. The molecule has 0 fully saturated rings. The molecule has 0 heterocycles. The van der Waals surface area contributed by atoms with E-state index in [1.807, 2.05) is 0 Å². The standard InChI is InChI=1S/C17H22O2/c1-10(2)17-13-7-3-5-11(13)15(9-16(18)19)12-6-4-8-14(12)17/h10H,3-9H2,1-2H3,(H,18,19). The molecule has 0 saturated carbocycles. The van der Waals surface area contributed by atoms with Crippen molar-refractivity contribution in [2.75, 3.05) is 0 Å². The molecule has 0 aromatic heterocycles. The Balaban J connectivity index is 2.25. The van der Waals surface area contributed by atoms with Gasteiger partial charge >= 0.3 is 5.97 Å². The van der Waals surface area contributed by atoms with Gasteiger partial charge in [-0.3, -0.25) is 4.79 Å². The Morgan fingerprint density at radius 1 is 1.00 bits per heavy atom. The van der Waals surface area contributed by atoms with Crippen molar-refractivity contribution in [3.63, 3.8) is 0 Å². The summed E-state index contributed by atoms with van der Waals surface area (Å²) < 4.78 is 0. The highest BCUT2D eigenvalue weighted by Crippen LogP contribution is 2.41. The van der Waals surface area contributed by atoms with Crippen molar-refractivity contribution in [1.29, 1.82) is 0 Å². The van der Waals surface area contributed by atoms with Crippen molar-refractivity contribution in [2.24, 2.45) is 0 Å². The maximum atomic E-state index is 11.2. The predicted molar refractivity (Wildman–Crippen MR) is 75.9 cm³/mol. The largest absolute Gasteiger partial charge is 0.481 e. The number of benzene rings is 1. The third-order valence-electron chi connectivity index (χ3n) is 4.72. The summed E-state index contributed by atoms with van der Waals surface area (Å²) in [6, 6.07) is 0. The van der Waals surface area contributed by atoms with Crippen LogP contribution in [0.15, 0.2) is 0 Å². The normalized spacial score (nSPS) is 16.8. The molecule has 2 aliphatic rings. The van der Waals surface area contributed by atoms with Crippen molar-refractivity contribution in [1.82, 2.24) is 0 Å². The van der Waals surface area contributed by atoms with E-state index < -0.39 is 5.97 Å². The van der Waals surface area contributed by atoms with Gasteiger partial charge in [0, 0.05) is 0 Å². The fourth-order valence-corrected chi connectivity index (χ4v) is 4.17. The molecular formula is C17H22O2. The van der Waals surface area contributed by atoms with Gasteiger partial charge in [0.25, 0.3) is 0 Å². The molecule has 2 heteroatoms. The number of aliphatic carboxylic acids is 1. The van der Waals surface area contributed by atoms with Crippen LogP contribution in [0.3, 0.4) is 0 Å². The Labute approximate surface area is 114 Å². The maximum Gasteiger partial charge on any atom is 0.307 e. The summed E-state index contributed by atoms with van der Waals surface area (Å²) >= 11 is 0. The quantitative estimate of drug-likeness (QED) is 0.902. The van der Waals surface area contributed by atoms with Gasteiger partial charge in [-0.05, 0) is 77.8 Å². The van der Waals surface area contributed by atoms with Crippen LogP contribution in [0.5, 0.6) is 0 Å². The van der Waals surface area contributed by atoms with E-state index in [1.165, 1.54) is 40.7 Å². The minimum atomic E-state index is -0.680. The van der Waals surface area contributed by atoms with Gasteiger partial charge in [-0.25, -0.2) is 0 Å². The number of fused-ring (bicyclic) bond motifs is 2. The van der Waals surface area contributed by atoms with Gasteiger partial charge in [0.05, 0.1) is 6.42 Å². The first-order valence-corrected chi connectivity index (χ1v) is 7.49. The molecule has 102 valence electrons. The van der Waals surface area contributed by atoms with Crippen molar-refractivity contribution in [3.8, 4) is 0 Å². The van der Waals surface area contributed by atoms with Gasteiger partial charge < -0.3 is 5.11 Å². The van der Waals surface area contributed by atoms with E-state index in [4.69, 9.17) is 0 Å². The van der Waals surface area contributed by atoms with Crippen LogP contribution in [0.1, 0.15) is 66.0 Å². The summed E-state index contributed by atoms with van der Waals surface area (Å²) in [6.07, 6.45) is 7.11. The first kappa shape index (κ1) is 12.7. The van der Waals surface area contributed by atoms with Crippen LogP contribution in [-0.2, 0) is 36.9 Å². The number of carboxylic acids is 1. The van der Waals surface area contributed by atoms with E-state index in [2.05, 4.69) is 13.8 Å². The van der Waals surface area contributed by atoms with E-state index >= 15 is 0 Å². The van der Waals surface area contributed by atoms with E-state index in [1.54, 1.807) is 5.56 Å². The number of carbonyl (C=O) groups is 1. The van der Waals surface area contributed by atoms with Crippen LogP contribution in [-0.4, -0.2) is 11.1 Å². The lowest BCUT2D eigenvalue weighted by molar-refractivity contribution is -0.136. The third kappa shape index (κ3) is 1.98. The average molecular weight is 258 g/mol. The van der Waals surface area contributed by atoms with E-state index in [9.17, 15) is 9.90 Å². The molecule has 0 amide bonds. The Bertz CT molecular complexity index is 506. The molecule has 19 heavy (non-hydrogen) atoms. The number of rotatable bonds is 3. The minimum Gasteiger partial charge on any atom is -0.481 e. The average Bonchev–Trinajstić information content (AvgIpc) is 2.95. The van der Waals surface area contributed by atoms with Gasteiger partial charge in [-0.1, -0.05) is 13.8 Å². The molecule has 0 atom stereocenters. The van der Waals surface area contributed by atoms with Gasteiger partial charge in [-0.2, -0.15) is 0 Å². The van der Waals surface area contributed by atoms with Crippen LogP contribution in [0.4, 0.5) is 0 Å². The summed E-state index contributed by atoms with van der Waals surface area (Å²) in [6.45, 7) is 4.56. The van der Waals surface area contributed by atoms with E-state index in [-0.39, 0.29) is 6.42 Å². The van der Waals surface area contributed by atoms with Crippen molar-refractivity contribution in [3.05, 3.63) is 33.4 Å². The van der Waals surface area contributed by atoms with Crippen LogP contribution in [0.25, 0.3) is 0 Å². The predicted octanol–water partition coefficient (Wildman–Crippen LogP) is 3.41. The van der Waals surface area contributed by atoms with Crippen molar-refractivity contribution < 1.29 is 9.90 Å². The first-order valence-electron chi connectivity index (χ1n) is 7.49. The molecule has 2 nitrogen and oxygen atoms in total. The second kappa shape index (κ2) is 4.66. The van der Waals surface area contributed by atoms with Crippen LogP contribution in [0, 0.1) is 0 Å². The lowest BCUT2D eigenvalue weighted by Gasteiger charge is -2.21. The van der Waals surface area contributed by atoms with Gasteiger partial charge in [0.15, 0.2) is 0 Å². The summed E-state index contributed by atoms with van der Waals surface area (Å²) in [5.74, 6) is -0.113. The molecule has 2 aliphatic carbocycles. The molecule has 0 saturated heterocycles. The topological polar surface area (TPSA) is 37.3 Å². The summed E-state index contributed by atoms with van der Waals surface area (Å²) in [4.78, 5) is 11.2. The third-order valence-corrected chi connectivity index (χ3v) is 4.72. The van der Waals surface area contributed by atoms with Gasteiger partial charge in [-0.15, -0.1) is 0 Å². The first-order chi connectivity index (χ1) is 9.09. The Morgan fingerprint density at radius 2 is 1.47 bits per heavy atom. The van der Waals surface area contributed by atoms with Crippen molar-refractivity contribution >= 4 is 5.97 Å². The van der Waals surface area contributed by atoms with E-state index in [0.717, 1.165) is 25.7 Å². The molecular weight excluding hydrogens is 236 g/mol. The molecule has 1 aromatic carbocycles. The fourth-order valence-electron chi connectivity index (χ4n) is 4.17.